The van der Waals surface area contributed by atoms with E-state index in [0.29, 0.717) is 24.4 Å². The lowest BCUT2D eigenvalue weighted by Crippen LogP contribution is -2.48. The van der Waals surface area contributed by atoms with Gasteiger partial charge < -0.3 is 14.5 Å². The number of nitrogens with zero attached hydrogens (tertiary/aromatic N) is 4. The molecule has 0 aliphatic carbocycles. The highest BCUT2D eigenvalue weighted by Gasteiger charge is 2.25. The maximum atomic E-state index is 12.9. The van der Waals surface area contributed by atoms with Crippen molar-refractivity contribution in [3.8, 4) is 5.75 Å². The summed E-state index contributed by atoms with van der Waals surface area (Å²) in [6.45, 7) is 6.39. The molecule has 0 N–H and O–H groups in total. The molecule has 2 fully saturated rings. The van der Waals surface area contributed by atoms with Crippen molar-refractivity contribution in [2.45, 2.75) is 25.8 Å². The number of hydrogen-bond donors (Lipinski definition) is 0. The Morgan fingerprint density at radius 1 is 1.07 bits per heavy atom. The first-order chi connectivity index (χ1) is 13.7. The van der Waals surface area contributed by atoms with Crippen LogP contribution >= 0.6 is 11.3 Å². The van der Waals surface area contributed by atoms with E-state index >= 15 is 0 Å². The zero-order valence-electron chi connectivity index (χ0n) is 16.5. The second kappa shape index (κ2) is 8.92. The van der Waals surface area contributed by atoms with Gasteiger partial charge in [0.15, 0.2) is 5.13 Å². The van der Waals surface area contributed by atoms with Crippen LogP contribution in [0.2, 0.25) is 0 Å². The number of methoxy groups -OCH3 is 1. The second-order valence-corrected chi connectivity index (χ2v) is 8.27. The van der Waals surface area contributed by atoms with E-state index in [1.165, 1.54) is 38.0 Å². The number of para-hydroxylation sites is 1. The Balaban J connectivity index is 1.33. The molecule has 0 saturated carbocycles. The highest BCUT2D eigenvalue weighted by molar-refractivity contribution is 7.13. The first-order valence-electron chi connectivity index (χ1n) is 10.1. The first-order valence-corrected chi connectivity index (χ1v) is 11.0. The molecule has 0 spiro atoms. The number of thiazole rings is 1. The van der Waals surface area contributed by atoms with Crippen molar-refractivity contribution >= 4 is 22.4 Å². The molecule has 2 saturated heterocycles. The second-order valence-electron chi connectivity index (χ2n) is 7.44. The molecular weight excluding hydrogens is 372 g/mol. The van der Waals surface area contributed by atoms with E-state index in [9.17, 15) is 4.79 Å². The van der Waals surface area contributed by atoms with E-state index in [4.69, 9.17) is 9.72 Å². The summed E-state index contributed by atoms with van der Waals surface area (Å²) in [5.41, 5.74) is 1.81. The lowest BCUT2D eigenvalue weighted by Gasteiger charge is -2.34. The summed E-state index contributed by atoms with van der Waals surface area (Å²) in [4.78, 5) is 24.4. The number of anilines is 1. The fraction of sp³-hybridized carbons (Fsp3) is 0.524. The standard InChI is InChI=1S/C21H28N4O2S/c1-27-19-8-4-3-7-18(19)20(26)24-11-13-25(14-12-24)21-22-17(16-28-21)15-23-9-5-2-6-10-23/h3-4,7-8,16H,2,5-6,9-15H2,1H3. The third-order valence-electron chi connectivity index (χ3n) is 5.55. The number of carbonyl (C=O) groups excluding carboxylic acids is 1. The van der Waals surface area contributed by atoms with Gasteiger partial charge in [-0.15, -0.1) is 11.3 Å². The Labute approximate surface area is 170 Å². The normalized spacial score (nSPS) is 18.3. The summed E-state index contributed by atoms with van der Waals surface area (Å²) >= 11 is 1.72. The van der Waals surface area contributed by atoms with E-state index in [1.54, 1.807) is 18.4 Å². The Bertz CT molecular complexity index is 795. The van der Waals surface area contributed by atoms with Crippen molar-refractivity contribution in [3.63, 3.8) is 0 Å². The highest BCUT2D eigenvalue weighted by atomic mass is 32.1. The minimum Gasteiger partial charge on any atom is -0.496 e. The predicted octanol–water partition coefficient (Wildman–Crippen LogP) is 3.10. The summed E-state index contributed by atoms with van der Waals surface area (Å²) in [5, 5.41) is 3.27. The number of rotatable bonds is 5. The Hall–Kier alpha value is -2.12. The van der Waals surface area contributed by atoms with E-state index in [2.05, 4.69) is 15.2 Å². The molecule has 1 aromatic heterocycles. The van der Waals surface area contributed by atoms with Gasteiger partial charge >= 0.3 is 0 Å². The molecule has 6 nitrogen and oxygen atoms in total. The minimum absolute atomic E-state index is 0.0435. The maximum absolute atomic E-state index is 12.9. The summed E-state index contributed by atoms with van der Waals surface area (Å²) < 4.78 is 5.34. The van der Waals surface area contributed by atoms with Gasteiger partial charge in [0.05, 0.1) is 18.4 Å². The van der Waals surface area contributed by atoms with Crippen LogP contribution in [-0.4, -0.2) is 67.1 Å². The fourth-order valence-corrected chi connectivity index (χ4v) is 4.82. The molecule has 0 bridgehead atoms. The SMILES string of the molecule is COc1ccccc1C(=O)N1CCN(c2nc(CN3CCCCC3)cs2)CC1. The van der Waals surface area contributed by atoms with Crippen LogP contribution in [0.3, 0.4) is 0 Å². The molecule has 2 aliphatic rings. The van der Waals surface area contributed by atoms with Crippen LogP contribution in [0.25, 0.3) is 0 Å². The van der Waals surface area contributed by atoms with Crippen LogP contribution in [-0.2, 0) is 6.54 Å². The number of carbonyl (C=O) groups is 1. The molecule has 7 heteroatoms. The average Bonchev–Trinajstić information content (AvgIpc) is 3.22. The lowest BCUT2D eigenvalue weighted by atomic mass is 10.1. The van der Waals surface area contributed by atoms with Crippen LogP contribution < -0.4 is 9.64 Å². The van der Waals surface area contributed by atoms with Gasteiger partial charge in [-0.25, -0.2) is 4.98 Å². The van der Waals surface area contributed by atoms with Gasteiger partial charge in [0.25, 0.3) is 5.91 Å². The molecule has 3 heterocycles. The van der Waals surface area contributed by atoms with E-state index in [-0.39, 0.29) is 5.91 Å². The van der Waals surface area contributed by atoms with E-state index in [0.717, 1.165) is 24.8 Å². The number of hydrogen-bond acceptors (Lipinski definition) is 6. The molecular formula is C21H28N4O2S. The molecule has 0 radical (unpaired) electrons. The molecule has 1 amide bonds. The number of piperazine rings is 1. The van der Waals surface area contributed by atoms with Crippen LogP contribution in [0.1, 0.15) is 35.3 Å². The van der Waals surface area contributed by atoms with Gasteiger partial charge in [-0.05, 0) is 38.1 Å². The van der Waals surface area contributed by atoms with E-state index in [1.807, 2.05) is 29.2 Å². The topological polar surface area (TPSA) is 48.9 Å². The van der Waals surface area contributed by atoms with Crippen molar-refractivity contribution in [1.82, 2.24) is 14.8 Å². The van der Waals surface area contributed by atoms with E-state index < -0.39 is 0 Å². The summed E-state index contributed by atoms with van der Waals surface area (Å²) in [7, 11) is 1.61. The van der Waals surface area contributed by atoms with Crippen molar-refractivity contribution in [2.24, 2.45) is 0 Å². The van der Waals surface area contributed by atoms with Crippen molar-refractivity contribution in [2.75, 3.05) is 51.3 Å². The first kappa shape index (κ1) is 19.2. The zero-order valence-corrected chi connectivity index (χ0v) is 17.3. The minimum atomic E-state index is 0.0435. The Kier molecular flexibility index (Phi) is 6.12. The fourth-order valence-electron chi connectivity index (χ4n) is 3.95. The molecule has 2 aromatic rings. The zero-order chi connectivity index (χ0) is 19.3. The van der Waals surface area contributed by atoms with Gasteiger partial charge in [0, 0.05) is 38.1 Å². The van der Waals surface area contributed by atoms with Crippen molar-refractivity contribution < 1.29 is 9.53 Å². The van der Waals surface area contributed by atoms with Crippen molar-refractivity contribution in [3.05, 3.63) is 40.9 Å². The molecule has 0 unspecified atom stereocenters. The van der Waals surface area contributed by atoms with Crippen LogP contribution in [0.15, 0.2) is 29.6 Å². The Morgan fingerprint density at radius 3 is 2.57 bits per heavy atom. The van der Waals surface area contributed by atoms with Crippen LogP contribution in [0, 0.1) is 0 Å². The van der Waals surface area contributed by atoms with Gasteiger partial charge in [-0.3, -0.25) is 9.69 Å². The predicted molar refractivity (Wildman–Crippen MR) is 112 cm³/mol. The third kappa shape index (κ3) is 4.31. The summed E-state index contributed by atoms with van der Waals surface area (Å²) in [5.74, 6) is 0.680. The summed E-state index contributed by atoms with van der Waals surface area (Å²) in [6.07, 6.45) is 3.97. The molecule has 28 heavy (non-hydrogen) atoms. The van der Waals surface area contributed by atoms with Gasteiger partial charge in [0.2, 0.25) is 0 Å². The van der Waals surface area contributed by atoms with Crippen LogP contribution in [0.4, 0.5) is 5.13 Å². The number of ether oxygens (including phenoxy) is 1. The largest absolute Gasteiger partial charge is 0.496 e. The lowest BCUT2D eigenvalue weighted by molar-refractivity contribution is 0.0743. The quantitative estimate of drug-likeness (QED) is 0.772. The smallest absolute Gasteiger partial charge is 0.257 e. The average molecular weight is 401 g/mol. The molecule has 4 rings (SSSR count). The maximum Gasteiger partial charge on any atom is 0.257 e. The molecule has 150 valence electrons. The van der Waals surface area contributed by atoms with Crippen LogP contribution in [0.5, 0.6) is 5.75 Å². The number of likely N-dealkylation sites (tertiary alicyclic amines) is 1. The van der Waals surface area contributed by atoms with Crippen molar-refractivity contribution in [1.29, 1.82) is 0 Å². The van der Waals surface area contributed by atoms with Gasteiger partial charge in [-0.1, -0.05) is 18.6 Å². The monoisotopic (exact) mass is 400 g/mol. The number of piperidine rings is 1. The molecule has 0 atom stereocenters. The molecule has 1 aromatic carbocycles. The summed E-state index contributed by atoms with van der Waals surface area (Å²) in [6, 6.07) is 7.44. The molecule has 2 aliphatic heterocycles. The van der Waals surface area contributed by atoms with Gasteiger partial charge in [0.1, 0.15) is 5.75 Å². The number of benzene rings is 1. The number of aromatic nitrogens is 1. The highest BCUT2D eigenvalue weighted by Crippen LogP contribution is 2.25. The third-order valence-corrected chi connectivity index (χ3v) is 6.50. The van der Waals surface area contributed by atoms with Gasteiger partial charge in [-0.2, -0.15) is 0 Å². The Morgan fingerprint density at radius 2 is 1.82 bits per heavy atom. The number of amides is 1.